The van der Waals surface area contributed by atoms with Gasteiger partial charge in [0.2, 0.25) is 0 Å². The van der Waals surface area contributed by atoms with E-state index in [2.05, 4.69) is 71.5 Å². The lowest BCUT2D eigenvalue weighted by Gasteiger charge is -2.16. The van der Waals surface area contributed by atoms with Crippen LogP contribution in [0.5, 0.6) is 0 Å². The molecule has 0 aromatic heterocycles. The lowest BCUT2D eigenvalue weighted by Crippen LogP contribution is -2.21. The molecule has 0 spiro atoms. The number of nitrogens with one attached hydrogen (secondary N) is 2. The van der Waals surface area contributed by atoms with Gasteiger partial charge in [0, 0.05) is 13.1 Å². The molecule has 118 valence electrons. The highest BCUT2D eigenvalue weighted by Gasteiger charge is 2.12. The van der Waals surface area contributed by atoms with Crippen LogP contribution >= 0.6 is 0 Å². The highest BCUT2D eigenvalue weighted by molar-refractivity contribution is 6.18. The van der Waals surface area contributed by atoms with E-state index in [1.54, 1.807) is 0 Å². The number of benzene rings is 4. The minimum atomic E-state index is 1.04. The Bertz CT molecular complexity index is 1050. The molecular weight excluding hydrogens is 292 g/mol. The maximum absolute atomic E-state index is 2.97. The Labute approximate surface area is 141 Å². The van der Waals surface area contributed by atoms with E-state index in [0.717, 1.165) is 19.5 Å². The summed E-state index contributed by atoms with van der Waals surface area (Å²) >= 11 is 0. The van der Waals surface area contributed by atoms with Gasteiger partial charge in [-0.25, -0.2) is 0 Å². The van der Waals surface area contributed by atoms with Crippen molar-refractivity contribution in [1.82, 2.24) is 10.9 Å². The minimum Gasteiger partial charge on any atom is -0.258 e. The van der Waals surface area contributed by atoms with E-state index in [-0.39, 0.29) is 0 Å². The van der Waals surface area contributed by atoms with Crippen molar-refractivity contribution >= 4 is 32.3 Å². The van der Waals surface area contributed by atoms with Gasteiger partial charge in [0.25, 0.3) is 0 Å². The van der Waals surface area contributed by atoms with Crippen LogP contribution in [0.3, 0.4) is 0 Å². The highest BCUT2D eigenvalue weighted by Crippen LogP contribution is 2.36. The molecule has 0 radical (unpaired) electrons. The first-order chi connectivity index (χ1) is 11.9. The van der Waals surface area contributed by atoms with Crippen molar-refractivity contribution in [2.45, 2.75) is 12.8 Å². The van der Waals surface area contributed by atoms with E-state index in [9.17, 15) is 0 Å². The van der Waals surface area contributed by atoms with E-state index >= 15 is 0 Å². The second-order valence-electron chi connectivity index (χ2n) is 6.68. The third-order valence-electron chi connectivity index (χ3n) is 5.13. The third kappa shape index (κ3) is 2.19. The Kier molecular flexibility index (Phi) is 3.25. The summed E-state index contributed by atoms with van der Waals surface area (Å²) in [5.41, 5.74) is 8.81. The molecule has 1 heterocycles. The molecule has 4 aromatic carbocycles. The van der Waals surface area contributed by atoms with Crippen molar-refractivity contribution in [3.8, 4) is 0 Å². The van der Waals surface area contributed by atoms with Crippen LogP contribution < -0.4 is 10.9 Å². The predicted molar refractivity (Wildman–Crippen MR) is 102 cm³/mol. The normalized spacial score (nSPS) is 15.3. The largest absolute Gasteiger partial charge is 0.258 e. The summed E-state index contributed by atoms with van der Waals surface area (Å²) in [7, 11) is 0. The van der Waals surface area contributed by atoms with Gasteiger partial charge >= 0.3 is 0 Å². The number of hydrazine groups is 1. The molecule has 0 saturated carbocycles. The summed E-state index contributed by atoms with van der Waals surface area (Å²) < 4.78 is 0. The number of hydrogen-bond donors (Lipinski definition) is 2. The third-order valence-corrected chi connectivity index (χ3v) is 5.13. The fraction of sp³-hybridized carbons (Fsp3) is 0.182. The molecule has 0 amide bonds. The topological polar surface area (TPSA) is 24.1 Å². The predicted octanol–water partition coefficient (Wildman–Crippen LogP) is 4.53. The summed E-state index contributed by atoms with van der Waals surface area (Å²) in [5, 5.41) is 8.31. The number of hydrogen-bond acceptors (Lipinski definition) is 2. The second kappa shape index (κ2) is 5.59. The minimum absolute atomic E-state index is 1.04. The monoisotopic (exact) mass is 312 g/mol. The molecule has 24 heavy (non-hydrogen) atoms. The van der Waals surface area contributed by atoms with Gasteiger partial charge in [0.05, 0.1) is 0 Å². The van der Waals surface area contributed by atoms with Crippen molar-refractivity contribution in [1.29, 1.82) is 0 Å². The number of rotatable bonds is 0. The maximum atomic E-state index is 2.97. The molecule has 2 N–H and O–H groups in total. The van der Waals surface area contributed by atoms with Gasteiger partial charge in [-0.3, -0.25) is 10.9 Å². The van der Waals surface area contributed by atoms with Crippen LogP contribution in [0, 0.1) is 0 Å². The van der Waals surface area contributed by atoms with Gasteiger partial charge in [-0.2, -0.15) is 0 Å². The molecule has 0 unspecified atom stereocenters. The van der Waals surface area contributed by atoms with Crippen LogP contribution in [0.4, 0.5) is 0 Å². The SMILES string of the molecule is C1CNNC1.c1ccc2c(c1)c1cc3c4ccc(cc4ccc23)C1. The molecule has 5 bridgehead atoms. The quantitative estimate of drug-likeness (QED) is 0.410. The Morgan fingerprint density at radius 1 is 0.625 bits per heavy atom. The Hall–Kier alpha value is -2.42. The van der Waals surface area contributed by atoms with Crippen molar-refractivity contribution < 1.29 is 0 Å². The number of fused-ring (bicyclic) bond motifs is 3. The molecule has 0 atom stereocenters. The molecule has 4 aromatic rings. The van der Waals surface area contributed by atoms with Gasteiger partial charge < -0.3 is 0 Å². The standard InChI is InChI=1S/C19H12.C3H8N2/c1-2-4-17-15(3-1)14-10-12-5-7-16-13(9-12)6-8-18(17)19(16)11-14;1-2-4-5-3-1/h1-9,11H,10H2;4-5H,1-3H2. The second-order valence-corrected chi connectivity index (χ2v) is 6.68. The summed E-state index contributed by atoms with van der Waals surface area (Å²) in [5.74, 6) is 0. The van der Waals surface area contributed by atoms with E-state index in [0.29, 0.717) is 0 Å². The first kappa shape index (κ1) is 14.0. The molecule has 2 nitrogen and oxygen atoms in total. The Morgan fingerprint density at radius 2 is 1.38 bits per heavy atom. The summed E-state index contributed by atoms with van der Waals surface area (Å²) in [4.78, 5) is 0. The fourth-order valence-corrected chi connectivity index (χ4v) is 3.96. The Balaban J connectivity index is 0.000000227. The first-order valence-electron chi connectivity index (χ1n) is 8.72. The zero-order chi connectivity index (χ0) is 15.9. The maximum Gasteiger partial charge on any atom is 0.0112 e. The zero-order valence-corrected chi connectivity index (χ0v) is 13.6. The van der Waals surface area contributed by atoms with Gasteiger partial charge in [0.15, 0.2) is 0 Å². The molecule has 1 aliphatic heterocycles. The molecule has 2 heteroatoms. The van der Waals surface area contributed by atoms with Crippen molar-refractivity contribution in [2.24, 2.45) is 0 Å². The van der Waals surface area contributed by atoms with E-state index in [4.69, 9.17) is 0 Å². The average molecular weight is 312 g/mol. The molecule has 1 fully saturated rings. The summed E-state index contributed by atoms with van der Waals surface area (Å²) in [6, 6.07) is 22.6. The lowest BCUT2D eigenvalue weighted by molar-refractivity contribution is 0.689. The first-order valence-corrected chi connectivity index (χ1v) is 8.72. The lowest BCUT2D eigenvalue weighted by atomic mass is 9.88. The van der Waals surface area contributed by atoms with Crippen LogP contribution in [0.25, 0.3) is 32.3 Å². The van der Waals surface area contributed by atoms with Crippen LogP contribution in [-0.4, -0.2) is 13.1 Å². The fourth-order valence-electron chi connectivity index (χ4n) is 3.96. The van der Waals surface area contributed by atoms with E-state index in [1.807, 2.05) is 0 Å². The van der Waals surface area contributed by atoms with Gasteiger partial charge in [-0.15, -0.1) is 0 Å². The van der Waals surface area contributed by atoms with Crippen LogP contribution in [0.1, 0.15) is 17.5 Å². The van der Waals surface area contributed by atoms with Crippen LogP contribution in [0.2, 0.25) is 0 Å². The van der Waals surface area contributed by atoms with E-state index < -0.39 is 0 Å². The molecular formula is C22H20N2. The van der Waals surface area contributed by atoms with Crippen molar-refractivity contribution in [3.63, 3.8) is 0 Å². The molecule has 7 rings (SSSR count). The molecule has 3 aliphatic rings. The highest BCUT2D eigenvalue weighted by atomic mass is 15.4. The van der Waals surface area contributed by atoms with Crippen LogP contribution in [0.15, 0.2) is 60.7 Å². The smallest absolute Gasteiger partial charge is 0.0112 e. The van der Waals surface area contributed by atoms with Gasteiger partial charge in [0.1, 0.15) is 0 Å². The average Bonchev–Trinajstić information content (AvgIpc) is 3.20. The van der Waals surface area contributed by atoms with Crippen molar-refractivity contribution in [2.75, 3.05) is 13.1 Å². The van der Waals surface area contributed by atoms with Crippen molar-refractivity contribution in [3.05, 3.63) is 71.8 Å². The summed E-state index contributed by atoms with van der Waals surface area (Å²) in [6.07, 6.45) is 2.31. The molecule has 2 aliphatic carbocycles. The van der Waals surface area contributed by atoms with Gasteiger partial charge in [-0.1, -0.05) is 54.6 Å². The Morgan fingerprint density at radius 3 is 2.17 bits per heavy atom. The zero-order valence-electron chi connectivity index (χ0n) is 13.6. The molecule has 1 saturated heterocycles. The summed E-state index contributed by atoms with van der Waals surface area (Å²) in [6.45, 7) is 2.28. The van der Waals surface area contributed by atoms with Crippen LogP contribution in [-0.2, 0) is 6.42 Å². The van der Waals surface area contributed by atoms with E-state index in [1.165, 1.54) is 49.9 Å². The van der Waals surface area contributed by atoms with Gasteiger partial charge in [-0.05, 0) is 62.4 Å².